The summed E-state index contributed by atoms with van der Waals surface area (Å²) in [7, 11) is 1.57. The zero-order chi connectivity index (χ0) is 25.2. The summed E-state index contributed by atoms with van der Waals surface area (Å²) in [6.45, 7) is 1.77. The Morgan fingerprint density at radius 2 is 1.83 bits per heavy atom. The number of non-ortho nitro benzene ring substituents is 1. The van der Waals surface area contributed by atoms with Crippen LogP contribution in [0.5, 0.6) is 5.75 Å². The molecule has 36 heavy (non-hydrogen) atoms. The number of nitrogens with one attached hydrogen (secondary N) is 2. The number of carbonyl (C=O) groups excluding carboxylic acids is 1. The molecule has 0 bridgehead atoms. The van der Waals surface area contributed by atoms with Crippen molar-refractivity contribution in [2.75, 3.05) is 17.7 Å². The van der Waals surface area contributed by atoms with Crippen LogP contribution in [0.25, 0.3) is 11.4 Å². The zero-order valence-corrected chi connectivity index (χ0v) is 19.5. The number of anilines is 2. The van der Waals surface area contributed by atoms with Gasteiger partial charge in [0.25, 0.3) is 11.6 Å². The monoisotopic (exact) mass is 482 g/mol. The van der Waals surface area contributed by atoms with Gasteiger partial charge in [0.1, 0.15) is 11.8 Å². The molecule has 10 nitrogen and oxygen atoms in total. The van der Waals surface area contributed by atoms with Crippen LogP contribution in [0.2, 0.25) is 0 Å². The molecule has 180 valence electrons. The molecule has 0 radical (unpaired) electrons. The lowest BCUT2D eigenvalue weighted by molar-refractivity contribution is -0.384. The summed E-state index contributed by atoms with van der Waals surface area (Å²) in [5.74, 6) is 1.03. The highest BCUT2D eigenvalue weighted by Crippen LogP contribution is 2.38. The summed E-state index contributed by atoms with van der Waals surface area (Å²) >= 11 is 0. The van der Waals surface area contributed by atoms with Gasteiger partial charge in [0.05, 0.1) is 23.2 Å². The normalized spacial score (nSPS) is 14.6. The number of nitrogens with zero attached hydrogens (tertiary/aromatic N) is 4. The first-order chi connectivity index (χ1) is 17.5. The van der Waals surface area contributed by atoms with Crippen LogP contribution in [0.15, 0.2) is 90.1 Å². The summed E-state index contributed by atoms with van der Waals surface area (Å²) in [6.07, 6.45) is 0. The minimum Gasteiger partial charge on any atom is -0.496 e. The predicted molar refractivity (Wildman–Crippen MR) is 135 cm³/mol. The Morgan fingerprint density at radius 3 is 2.58 bits per heavy atom. The molecule has 1 aliphatic rings. The third-order valence-electron chi connectivity index (χ3n) is 5.87. The number of nitro benzene ring substituents is 1. The number of aromatic nitrogens is 3. The van der Waals surface area contributed by atoms with E-state index in [1.807, 2.05) is 42.5 Å². The van der Waals surface area contributed by atoms with Crippen molar-refractivity contribution in [1.82, 2.24) is 14.8 Å². The fourth-order valence-electron chi connectivity index (χ4n) is 4.23. The molecule has 10 heteroatoms. The average molecular weight is 483 g/mol. The number of nitro groups is 1. The smallest absolute Gasteiger partial charge is 0.269 e. The van der Waals surface area contributed by atoms with E-state index in [0.717, 1.165) is 0 Å². The molecule has 1 amide bonds. The largest absolute Gasteiger partial charge is 0.496 e. The fraction of sp³-hybridized carbons (Fsp3) is 0.115. The van der Waals surface area contributed by atoms with Gasteiger partial charge >= 0.3 is 0 Å². The molecule has 0 saturated carbocycles. The molecule has 0 fully saturated rings. The van der Waals surface area contributed by atoms with Crippen molar-refractivity contribution in [2.45, 2.75) is 13.0 Å². The second kappa shape index (κ2) is 9.34. The Balaban J connectivity index is 1.65. The summed E-state index contributed by atoms with van der Waals surface area (Å²) < 4.78 is 7.05. The molecular formula is C26H22N6O4. The molecule has 2 N–H and O–H groups in total. The molecule has 1 aliphatic heterocycles. The van der Waals surface area contributed by atoms with Gasteiger partial charge in [0.15, 0.2) is 5.82 Å². The van der Waals surface area contributed by atoms with Crippen LogP contribution >= 0.6 is 0 Å². The highest BCUT2D eigenvalue weighted by molar-refractivity contribution is 6.06. The molecule has 1 unspecified atom stereocenters. The standard InChI is InChI=1S/C26H22N6O4/c1-16-22(25(33)28-18-10-4-3-5-11-18)23(17-9-8-12-19(15-17)32(34)35)31-26(27-16)29-24(30-31)20-13-6-7-14-21(20)36-2/h3-15,23H,1-2H3,(H,28,33)(H,27,29,30). The minimum atomic E-state index is -0.763. The Labute approximate surface area is 206 Å². The molecule has 3 aromatic carbocycles. The third-order valence-corrected chi connectivity index (χ3v) is 5.87. The maximum Gasteiger partial charge on any atom is 0.269 e. The molecule has 2 heterocycles. The SMILES string of the molecule is COc1ccccc1-c1nc2n(n1)C(c1cccc([N+](=O)[O-])c1)C(C(=O)Nc1ccccc1)=C(C)N2. The molecular weight excluding hydrogens is 460 g/mol. The van der Waals surface area contributed by atoms with Gasteiger partial charge in [-0.25, -0.2) is 4.68 Å². The number of ether oxygens (including phenoxy) is 1. The summed E-state index contributed by atoms with van der Waals surface area (Å²) in [4.78, 5) is 29.2. The number of hydrogen-bond acceptors (Lipinski definition) is 7. The van der Waals surface area contributed by atoms with E-state index < -0.39 is 11.0 Å². The van der Waals surface area contributed by atoms with Gasteiger partial charge in [-0.05, 0) is 36.8 Å². The van der Waals surface area contributed by atoms with Crippen molar-refractivity contribution in [1.29, 1.82) is 0 Å². The topological polar surface area (TPSA) is 124 Å². The van der Waals surface area contributed by atoms with Crippen LogP contribution in [0.3, 0.4) is 0 Å². The number of carbonyl (C=O) groups is 1. The van der Waals surface area contributed by atoms with Gasteiger partial charge in [0, 0.05) is 23.5 Å². The molecule has 1 aromatic heterocycles. The van der Waals surface area contributed by atoms with E-state index in [1.165, 1.54) is 12.1 Å². The van der Waals surface area contributed by atoms with E-state index in [-0.39, 0.29) is 11.6 Å². The Morgan fingerprint density at radius 1 is 1.08 bits per heavy atom. The van der Waals surface area contributed by atoms with Gasteiger partial charge in [0.2, 0.25) is 5.95 Å². The lowest BCUT2D eigenvalue weighted by atomic mass is 9.94. The summed E-state index contributed by atoms with van der Waals surface area (Å²) in [6, 6.07) is 21.8. The number of hydrogen-bond donors (Lipinski definition) is 2. The first kappa shape index (κ1) is 22.8. The Hall–Kier alpha value is -4.99. The number of fused-ring (bicyclic) bond motifs is 1. The lowest BCUT2D eigenvalue weighted by Crippen LogP contribution is -2.31. The first-order valence-corrected chi connectivity index (χ1v) is 11.1. The van der Waals surface area contributed by atoms with Gasteiger partial charge in [-0.15, -0.1) is 5.10 Å². The number of amides is 1. The van der Waals surface area contributed by atoms with E-state index in [4.69, 9.17) is 9.84 Å². The summed E-state index contributed by atoms with van der Waals surface area (Å²) in [5, 5.41) is 22.3. The molecule has 1 atom stereocenters. The molecule has 5 rings (SSSR count). The summed E-state index contributed by atoms with van der Waals surface area (Å²) in [5.41, 5.74) is 2.67. The maximum absolute atomic E-state index is 13.5. The quantitative estimate of drug-likeness (QED) is 0.299. The van der Waals surface area contributed by atoms with Gasteiger partial charge in [-0.1, -0.05) is 42.5 Å². The minimum absolute atomic E-state index is 0.0851. The van der Waals surface area contributed by atoms with Crippen molar-refractivity contribution < 1.29 is 14.5 Å². The zero-order valence-electron chi connectivity index (χ0n) is 19.5. The maximum atomic E-state index is 13.5. The van der Waals surface area contributed by atoms with Gasteiger partial charge < -0.3 is 15.4 Å². The molecule has 4 aromatic rings. The van der Waals surface area contributed by atoms with E-state index >= 15 is 0 Å². The van der Waals surface area contributed by atoms with Crippen molar-refractivity contribution in [3.05, 3.63) is 106 Å². The van der Waals surface area contributed by atoms with Crippen LogP contribution in [0.1, 0.15) is 18.5 Å². The van der Waals surface area contributed by atoms with Crippen molar-refractivity contribution in [3.63, 3.8) is 0 Å². The van der Waals surface area contributed by atoms with Crippen LogP contribution in [0.4, 0.5) is 17.3 Å². The number of methoxy groups -OCH3 is 1. The number of para-hydroxylation sites is 2. The van der Waals surface area contributed by atoms with Crippen molar-refractivity contribution in [3.8, 4) is 17.1 Å². The van der Waals surface area contributed by atoms with Crippen LogP contribution < -0.4 is 15.4 Å². The molecule has 0 spiro atoms. The lowest BCUT2D eigenvalue weighted by Gasteiger charge is -2.28. The Kier molecular flexibility index (Phi) is 5.91. The van der Waals surface area contributed by atoms with Gasteiger partial charge in [-0.3, -0.25) is 14.9 Å². The van der Waals surface area contributed by atoms with E-state index in [1.54, 1.807) is 43.0 Å². The van der Waals surface area contributed by atoms with Crippen molar-refractivity contribution in [2.24, 2.45) is 0 Å². The Bertz CT molecular complexity index is 1500. The van der Waals surface area contributed by atoms with E-state index in [9.17, 15) is 14.9 Å². The average Bonchev–Trinajstić information content (AvgIpc) is 3.31. The fourth-order valence-corrected chi connectivity index (χ4v) is 4.23. The van der Waals surface area contributed by atoms with Gasteiger partial charge in [-0.2, -0.15) is 4.98 Å². The third kappa shape index (κ3) is 4.16. The second-order valence-corrected chi connectivity index (χ2v) is 8.14. The number of rotatable bonds is 6. The van der Waals surface area contributed by atoms with Crippen LogP contribution in [0, 0.1) is 10.1 Å². The second-order valence-electron chi connectivity index (χ2n) is 8.14. The highest BCUT2D eigenvalue weighted by atomic mass is 16.6. The van der Waals surface area contributed by atoms with Crippen molar-refractivity contribution >= 4 is 23.2 Å². The number of benzene rings is 3. The van der Waals surface area contributed by atoms with Crippen LogP contribution in [-0.4, -0.2) is 32.7 Å². The highest BCUT2D eigenvalue weighted by Gasteiger charge is 2.35. The number of allylic oxidation sites excluding steroid dienone is 1. The molecule has 0 aliphatic carbocycles. The molecule has 0 saturated heterocycles. The van der Waals surface area contributed by atoms with Crippen LogP contribution in [-0.2, 0) is 4.79 Å². The predicted octanol–water partition coefficient (Wildman–Crippen LogP) is 4.79. The van der Waals surface area contributed by atoms with E-state index in [2.05, 4.69) is 15.6 Å². The first-order valence-electron chi connectivity index (χ1n) is 11.1. The van der Waals surface area contributed by atoms with E-state index in [0.29, 0.717) is 45.6 Å².